The molecule has 0 saturated carbocycles. The Hall–Kier alpha value is -0.200. The van der Waals surface area contributed by atoms with Crippen LogP contribution in [-0.4, -0.2) is 66.1 Å². The van der Waals surface area contributed by atoms with E-state index in [4.69, 9.17) is 23.7 Å². The third-order valence-corrected chi connectivity index (χ3v) is 2.25. The van der Waals surface area contributed by atoms with Gasteiger partial charge in [-0.2, -0.15) is 0 Å². The maximum atomic E-state index is 5.34. The third-order valence-electron chi connectivity index (χ3n) is 2.25. The van der Waals surface area contributed by atoms with E-state index < -0.39 is 0 Å². The van der Waals surface area contributed by atoms with Gasteiger partial charge in [-0.05, 0) is 13.8 Å². The second kappa shape index (κ2) is 12.3. The summed E-state index contributed by atoms with van der Waals surface area (Å²) in [6, 6.07) is 0. The van der Waals surface area contributed by atoms with Crippen LogP contribution in [0.2, 0.25) is 0 Å². The van der Waals surface area contributed by atoms with Crippen molar-refractivity contribution >= 4 is 0 Å². The molecule has 5 heteroatoms. The minimum Gasteiger partial charge on any atom is -0.379 e. The van der Waals surface area contributed by atoms with Gasteiger partial charge in [-0.3, -0.25) is 0 Å². The van der Waals surface area contributed by atoms with Gasteiger partial charge in [-0.15, -0.1) is 0 Å². The molecule has 0 aromatic heterocycles. The van der Waals surface area contributed by atoms with Gasteiger partial charge < -0.3 is 23.7 Å². The van der Waals surface area contributed by atoms with Gasteiger partial charge in [0.15, 0.2) is 0 Å². The van der Waals surface area contributed by atoms with E-state index in [9.17, 15) is 0 Å². The van der Waals surface area contributed by atoms with Crippen LogP contribution in [0.1, 0.15) is 13.8 Å². The first-order chi connectivity index (χ1) is 8.20. The van der Waals surface area contributed by atoms with Crippen molar-refractivity contribution in [2.45, 2.75) is 26.1 Å². The zero-order valence-electron chi connectivity index (χ0n) is 11.4. The summed E-state index contributed by atoms with van der Waals surface area (Å²) in [7, 11) is 3.34. The van der Waals surface area contributed by atoms with Crippen molar-refractivity contribution in [3.63, 3.8) is 0 Å². The van der Waals surface area contributed by atoms with Crippen molar-refractivity contribution in [2.24, 2.45) is 0 Å². The van der Waals surface area contributed by atoms with Crippen LogP contribution < -0.4 is 0 Å². The summed E-state index contributed by atoms with van der Waals surface area (Å²) < 4.78 is 26.1. The number of hydrogen-bond donors (Lipinski definition) is 0. The maximum absolute atomic E-state index is 5.34. The van der Waals surface area contributed by atoms with Crippen LogP contribution in [0.5, 0.6) is 0 Å². The summed E-state index contributed by atoms with van der Waals surface area (Å²) in [5.74, 6) is 0. The molecule has 0 fully saturated rings. The second-order valence-corrected chi connectivity index (χ2v) is 3.85. The largest absolute Gasteiger partial charge is 0.379 e. The van der Waals surface area contributed by atoms with E-state index in [0.29, 0.717) is 39.6 Å². The van der Waals surface area contributed by atoms with Crippen molar-refractivity contribution < 1.29 is 23.7 Å². The van der Waals surface area contributed by atoms with Crippen molar-refractivity contribution in [1.82, 2.24) is 0 Å². The molecule has 104 valence electrons. The molecule has 0 aromatic carbocycles. The molecule has 0 rings (SSSR count). The number of rotatable bonds is 12. The fraction of sp³-hybridized carbons (Fsp3) is 1.00. The average Bonchev–Trinajstić information content (AvgIpc) is 2.35. The highest BCUT2D eigenvalue weighted by molar-refractivity contribution is 4.45. The zero-order chi connectivity index (χ0) is 12.9. The first-order valence-electron chi connectivity index (χ1n) is 5.99. The van der Waals surface area contributed by atoms with Crippen molar-refractivity contribution in [1.29, 1.82) is 0 Å². The molecule has 0 amide bonds. The Bertz CT molecular complexity index is 138. The Morgan fingerprint density at radius 3 is 1.35 bits per heavy atom. The summed E-state index contributed by atoms with van der Waals surface area (Å²) in [5, 5.41) is 0. The summed E-state index contributed by atoms with van der Waals surface area (Å²) in [6.07, 6.45) is 0.266. The van der Waals surface area contributed by atoms with Crippen molar-refractivity contribution in [2.75, 3.05) is 53.9 Å². The van der Waals surface area contributed by atoms with E-state index in [-0.39, 0.29) is 12.2 Å². The smallest absolute Gasteiger partial charge is 0.0776 e. The molecule has 0 heterocycles. The molecular weight excluding hydrogens is 224 g/mol. The topological polar surface area (TPSA) is 46.2 Å². The standard InChI is InChI=1S/C12H26O5/c1-11(13-3)9-16-7-5-15-6-8-17-10-12(2)14-4/h11-12H,5-10H2,1-4H3. The molecule has 2 unspecified atom stereocenters. The summed E-state index contributed by atoms with van der Waals surface area (Å²) >= 11 is 0. The SMILES string of the molecule is COC(C)COCCOCCOCC(C)OC. The summed E-state index contributed by atoms with van der Waals surface area (Å²) in [6.45, 7) is 7.46. The molecule has 2 atom stereocenters. The van der Waals surface area contributed by atoms with E-state index in [1.807, 2.05) is 13.8 Å². The minimum absolute atomic E-state index is 0.133. The normalized spacial score (nSPS) is 14.8. The van der Waals surface area contributed by atoms with Crippen LogP contribution in [0.25, 0.3) is 0 Å². The summed E-state index contributed by atoms with van der Waals surface area (Å²) in [4.78, 5) is 0. The lowest BCUT2D eigenvalue weighted by molar-refractivity contribution is -0.0285. The first kappa shape index (κ1) is 16.8. The van der Waals surface area contributed by atoms with Crippen LogP contribution in [0.15, 0.2) is 0 Å². The number of methoxy groups -OCH3 is 2. The monoisotopic (exact) mass is 250 g/mol. The zero-order valence-corrected chi connectivity index (χ0v) is 11.4. The van der Waals surface area contributed by atoms with Crippen molar-refractivity contribution in [3.8, 4) is 0 Å². The van der Waals surface area contributed by atoms with Gasteiger partial charge in [0.25, 0.3) is 0 Å². The van der Waals surface area contributed by atoms with Crippen LogP contribution >= 0.6 is 0 Å². The predicted molar refractivity (Wildman–Crippen MR) is 65.4 cm³/mol. The fourth-order valence-electron chi connectivity index (χ4n) is 0.972. The lowest BCUT2D eigenvalue weighted by Crippen LogP contribution is -2.18. The second-order valence-electron chi connectivity index (χ2n) is 3.85. The summed E-state index contributed by atoms with van der Waals surface area (Å²) in [5.41, 5.74) is 0. The lowest BCUT2D eigenvalue weighted by atomic mass is 10.4. The van der Waals surface area contributed by atoms with Crippen LogP contribution in [0, 0.1) is 0 Å². The molecule has 0 aliphatic heterocycles. The van der Waals surface area contributed by atoms with E-state index >= 15 is 0 Å². The highest BCUT2D eigenvalue weighted by Crippen LogP contribution is 1.90. The molecule has 0 aliphatic rings. The first-order valence-corrected chi connectivity index (χ1v) is 5.99. The van der Waals surface area contributed by atoms with Gasteiger partial charge in [0.1, 0.15) is 0 Å². The van der Waals surface area contributed by atoms with Gasteiger partial charge in [0.05, 0.1) is 51.8 Å². The molecule has 0 saturated heterocycles. The predicted octanol–water partition coefficient (Wildman–Crippen LogP) is 1.11. The van der Waals surface area contributed by atoms with Gasteiger partial charge in [0.2, 0.25) is 0 Å². The number of hydrogen-bond acceptors (Lipinski definition) is 5. The third kappa shape index (κ3) is 12.1. The lowest BCUT2D eigenvalue weighted by Gasteiger charge is -2.11. The van der Waals surface area contributed by atoms with Gasteiger partial charge in [0, 0.05) is 14.2 Å². The molecular formula is C12H26O5. The Labute approximate surface area is 104 Å². The highest BCUT2D eigenvalue weighted by atomic mass is 16.6. The van der Waals surface area contributed by atoms with Gasteiger partial charge >= 0.3 is 0 Å². The van der Waals surface area contributed by atoms with E-state index in [1.165, 1.54) is 0 Å². The highest BCUT2D eigenvalue weighted by Gasteiger charge is 1.99. The molecule has 5 nitrogen and oxygen atoms in total. The Morgan fingerprint density at radius 1 is 0.647 bits per heavy atom. The van der Waals surface area contributed by atoms with Gasteiger partial charge in [-0.1, -0.05) is 0 Å². The average molecular weight is 250 g/mol. The molecule has 0 bridgehead atoms. The Balaban J connectivity index is 3.04. The van der Waals surface area contributed by atoms with E-state index in [1.54, 1.807) is 14.2 Å². The molecule has 0 radical (unpaired) electrons. The number of ether oxygens (including phenoxy) is 5. The van der Waals surface area contributed by atoms with Crippen molar-refractivity contribution in [3.05, 3.63) is 0 Å². The molecule has 0 aliphatic carbocycles. The van der Waals surface area contributed by atoms with Crippen LogP contribution in [0.3, 0.4) is 0 Å². The Kier molecular flexibility index (Phi) is 12.1. The maximum Gasteiger partial charge on any atom is 0.0776 e. The molecule has 17 heavy (non-hydrogen) atoms. The van der Waals surface area contributed by atoms with Gasteiger partial charge in [-0.25, -0.2) is 0 Å². The molecule has 0 spiro atoms. The Morgan fingerprint density at radius 2 is 1.00 bits per heavy atom. The van der Waals surface area contributed by atoms with Crippen LogP contribution in [-0.2, 0) is 23.7 Å². The fourth-order valence-corrected chi connectivity index (χ4v) is 0.972. The molecule has 0 aromatic rings. The molecule has 0 N–H and O–H groups in total. The minimum atomic E-state index is 0.133. The quantitative estimate of drug-likeness (QED) is 0.485. The van der Waals surface area contributed by atoms with E-state index in [0.717, 1.165) is 0 Å². The van der Waals surface area contributed by atoms with Crippen LogP contribution in [0.4, 0.5) is 0 Å². The van der Waals surface area contributed by atoms with E-state index in [2.05, 4.69) is 0 Å².